The molecule has 0 aliphatic rings. The minimum Gasteiger partial charge on any atom is -0.496 e. The van der Waals surface area contributed by atoms with Crippen LogP contribution < -0.4 is 10.1 Å². The Bertz CT molecular complexity index is 715. The molecule has 0 aliphatic heterocycles. The minimum atomic E-state index is -0.572. The Morgan fingerprint density at radius 1 is 1.08 bits per heavy atom. The van der Waals surface area contributed by atoms with E-state index in [4.69, 9.17) is 9.47 Å². The third-order valence-electron chi connectivity index (χ3n) is 4.27. The minimum absolute atomic E-state index is 0.0387. The topological polar surface area (TPSA) is 64.6 Å². The molecule has 0 saturated carbocycles. The van der Waals surface area contributed by atoms with Crippen LogP contribution in [0.5, 0.6) is 5.75 Å². The summed E-state index contributed by atoms with van der Waals surface area (Å²) < 4.78 is 10.7. The fourth-order valence-electron chi connectivity index (χ4n) is 2.82. The van der Waals surface area contributed by atoms with E-state index in [0.29, 0.717) is 5.75 Å². The Labute approximate surface area is 154 Å². The maximum absolute atomic E-state index is 12.4. The Hall–Kier alpha value is -2.82. The molecule has 2 aromatic rings. The summed E-state index contributed by atoms with van der Waals surface area (Å²) in [6, 6.07) is 16.3. The molecule has 0 aliphatic carbocycles. The molecule has 0 bridgehead atoms. The maximum atomic E-state index is 12.4. The van der Waals surface area contributed by atoms with Crippen molar-refractivity contribution < 1.29 is 19.1 Å². The fraction of sp³-hybridized carbons (Fsp3) is 0.333. The summed E-state index contributed by atoms with van der Waals surface area (Å²) >= 11 is 0. The summed E-state index contributed by atoms with van der Waals surface area (Å²) in [5, 5.41) is 2.84. The van der Waals surface area contributed by atoms with Gasteiger partial charge in [-0.25, -0.2) is 4.79 Å². The lowest BCUT2D eigenvalue weighted by molar-refractivity contribution is -0.113. The van der Waals surface area contributed by atoms with Crippen molar-refractivity contribution in [3.8, 4) is 5.75 Å². The van der Waals surface area contributed by atoms with E-state index in [9.17, 15) is 9.59 Å². The zero-order chi connectivity index (χ0) is 18.9. The number of ether oxygens (including phenoxy) is 2. The average Bonchev–Trinajstić information content (AvgIpc) is 2.66. The van der Waals surface area contributed by atoms with Crippen LogP contribution in [-0.4, -0.2) is 19.5 Å². The van der Waals surface area contributed by atoms with Gasteiger partial charge in [-0.05, 0) is 17.5 Å². The van der Waals surface area contributed by atoms with Crippen molar-refractivity contribution in [2.75, 3.05) is 7.11 Å². The van der Waals surface area contributed by atoms with E-state index in [1.165, 1.54) is 0 Å². The first-order valence-corrected chi connectivity index (χ1v) is 8.62. The number of alkyl carbamates (subject to hydrolysis) is 1. The number of hydrogen-bond acceptors (Lipinski definition) is 4. The van der Waals surface area contributed by atoms with Gasteiger partial charge < -0.3 is 19.6 Å². The normalized spacial score (nSPS) is 12.9. The highest BCUT2D eigenvalue weighted by Gasteiger charge is 2.30. The summed E-state index contributed by atoms with van der Waals surface area (Å²) in [4.78, 5) is 24.0. The van der Waals surface area contributed by atoms with Crippen molar-refractivity contribution in [1.29, 1.82) is 0 Å². The van der Waals surface area contributed by atoms with Crippen molar-refractivity contribution in [1.82, 2.24) is 5.32 Å². The monoisotopic (exact) mass is 355 g/mol. The quantitative estimate of drug-likeness (QED) is 0.723. The van der Waals surface area contributed by atoms with E-state index in [1.54, 1.807) is 7.11 Å². The number of rotatable bonds is 8. The Kier molecular flexibility index (Phi) is 7.21. The lowest BCUT2D eigenvalue weighted by atomic mass is 9.85. The molecule has 0 heterocycles. The van der Waals surface area contributed by atoms with Crippen LogP contribution in [-0.2, 0) is 16.1 Å². The van der Waals surface area contributed by atoms with Gasteiger partial charge in [-0.1, -0.05) is 62.4 Å². The highest BCUT2D eigenvalue weighted by atomic mass is 16.5. The Morgan fingerprint density at radius 2 is 1.73 bits per heavy atom. The van der Waals surface area contributed by atoms with Gasteiger partial charge in [0.15, 0.2) is 0 Å². The summed E-state index contributed by atoms with van der Waals surface area (Å²) in [5.41, 5.74) is 1.64. The fourth-order valence-corrected chi connectivity index (χ4v) is 2.82. The van der Waals surface area contributed by atoms with Gasteiger partial charge in [0.25, 0.3) is 0 Å². The van der Waals surface area contributed by atoms with Crippen molar-refractivity contribution >= 4 is 12.4 Å². The second-order valence-electron chi connectivity index (χ2n) is 6.38. The molecule has 2 aromatic carbocycles. The molecule has 5 nitrogen and oxygen atoms in total. The second kappa shape index (κ2) is 9.61. The molecule has 0 unspecified atom stereocenters. The number of carbonyl (C=O) groups excluding carboxylic acids is 2. The second-order valence-corrected chi connectivity index (χ2v) is 6.38. The molecule has 0 saturated heterocycles. The van der Waals surface area contributed by atoms with Crippen LogP contribution in [0.4, 0.5) is 4.79 Å². The zero-order valence-corrected chi connectivity index (χ0v) is 15.3. The van der Waals surface area contributed by atoms with Crippen LogP contribution >= 0.6 is 0 Å². The molecule has 0 fully saturated rings. The van der Waals surface area contributed by atoms with Crippen molar-refractivity contribution in [3.05, 3.63) is 65.7 Å². The van der Waals surface area contributed by atoms with Gasteiger partial charge in [-0.2, -0.15) is 0 Å². The summed E-state index contributed by atoms with van der Waals surface area (Å²) in [6.07, 6.45) is 0.302. The van der Waals surface area contributed by atoms with Crippen LogP contribution in [0.3, 0.4) is 0 Å². The van der Waals surface area contributed by atoms with Gasteiger partial charge >= 0.3 is 6.09 Å². The average molecular weight is 355 g/mol. The number of para-hydroxylation sites is 1. The molecule has 1 amide bonds. The van der Waals surface area contributed by atoms with Crippen LogP contribution in [0, 0.1) is 11.8 Å². The molecule has 2 rings (SSSR count). The van der Waals surface area contributed by atoms with Gasteiger partial charge in [0.1, 0.15) is 18.6 Å². The number of hydrogen-bond donors (Lipinski definition) is 1. The first kappa shape index (κ1) is 19.5. The smallest absolute Gasteiger partial charge is 0.407 e. The molecule has 138 valence electrons. The van der Waals surface area contributed by atoms with E-state index in [-0.39, 0.29) is 12.5 Å². The van der Waals surface area contributed by atoms with E-state index >= 15 is 0 Å². The van der Waals surface area contributed by atoms with Crippen LogP contribution in [0.1, 0.15) is 31.0 Å². The lowest BCUT2D eigenvalue weighted by Crippen LogP contribution is -2.36. The molecule has 26 heavy (non-hydrogen) atoms. The van der Waals surface area contributed by atoms with E-state index in [2.05, 4.69) is 5.32 Å². The predicted molar refractivity (Wildman–Crippen MR) is 99.9 cm³/mol. The van der Waals surface area contributed by atoms with Gasteiger partial charge in [0.05, 0.1) is 13.2 Å². The van der Waals surface area contributed by atoms with Crippen LogP contribution in [0.15, 0.2) is 54.6 Å². The number of benzene rings is 2. The van der Waals surface area contributed by atoms with E-state index in [1.807, 2.05) is 68.4 Å². The molecule has 0 radical (unpaired) electrons. The van der Waals surface area contributed by atoms with Gasteiger partial charge in [-0.3, -0.25) is 0 Å². The highest BCUT2D eigenvalue weighted by molar-refractivity contribution is 5.70. The van der Waals surface area contributed by atoms with Gasteiger partial charge in [0.2, 0.25) is 0 Å². The number of carbonyl (C=O) groups is 2. The Balaban J connectivity index is 2.18. The van der Waals surface area contributed by atoms with E-state index in [0.717, 1.165) is 17.4 Å². The van der Waals surface area contributed by atoms with E-state index < -0.39 is 18.1 Å². The number of nitrogens with one attached hydrogen (secondary N) is 1. The summed E-state index contributed by atoms with van der Waals surface area (Å²) in [7, 11) is 1.56. The first-order chi connectivity index (χ1) is 12.6. The molecule has 0 aromatic heterocycles. The predicted octanol–water partition coefficient (Wildman–Crippen LogP) is 4.13. The highest BCUT2D eigenvalue weighted by Crippen LogP contribution is 2.32. The van der Waals surface area contributed by atoms with Crippen molar-refractivity contribution in [3.63, 3.8) is 0 Å². The van der Waals surface area contributed by atoms with Gasteiger partial charge in [-0.15, -0.1) is 0 Å². The summed E-state index contributed by atoms with van der Waals surface area (Å²) in [6.45, 7) is 4.05. The zero-order valence-electron chi connectivity index (χ0n) is 15.3. The SMILES string of the molecule is COc1ccccc1[C@@H](NC(=O)OCc1ccccc1)[C@H](C=O)C(C)C. The maximum Gasteiger partial charge on any atom is 0.407 e. The molecular weight excluding hydrogens is 330 g/mol. The number of methoxy groups -OCH3 is 1. The van der Waals surface area contributed by atoms with Crippen LogP contribution in [0.25, 0.3) is 0 Å². The van der Waals surface area contributed by atoms with Crippen LogP contribution in [0.2, 0.25) is 0 Å². The van der Waals surface area contributed by atoms with Crippen molar-refractivity contribution in [2.45, 2.75) is 26.5 Å². The number of amides is 1. The molecule has 0 spiro atoms. The first-order valence-electron chi connectivity index (χ1n) is 8.62. The van der Waals surface area contributed by atoms with Gasteiger partial charge in [0, 0.05) is 11.5 Å². The standard InChI is InChI=1S/C21H25NO4/c1-15(2)18(13-23)20(17-11-7-8-12-19(17)25-3)22-21(24)26-14-16-9-5-4-6-10-16/h4-13,15,18,20H,14H2,1-3H3,(H,22,24)/t18-,20-/m1/s1. The van der Waals surface area contributed by atoms with Crippen molar-refractivity contribution in [2.24, 2.45) is 11.8 Å². The molecule has 1 N–H and O–H groups in total. The molecule has 2 atom stereocenters. The largest absolute Gasteiger partial charge is 0.496 e. The number of aldehydes is 1. The summed E-state index contributed by atoms with van der Waals surface area (Å²) in [5.74, 6) is 0.251. The molecule has 5 heteroatoms. The third kappa shape index (κ3) is 5.09. The Morgan fingerprint density at radius 3 is 2.35 bits per heavy atom. The lowest BCUT2D eigenvalue weighted by Gasteiger charge is -2.28. The molecular formula is C21H25NO4. The third-order valence-corrected chi connectivity index (χ3v) is 4.27.